The van der Waals surface area contributed by atoms with Gasteiger partial charge in [0.05, 0.1) is 18.5 Å². The minimum atomic E-state index is -0.811. The summed E-state index contributed by atoms with van der Waals surface area (Å²) < 4.78 is 5.66. The maximum Gasteiger partial charge on any atom is 0.122 e. The second-order valence-electron chi connectivity index (χ2n) is 9.98. The Morgan fingerprint density at radius 2 is 2.03 bits per heavy atom. The number of rotatable bonds is 6. The van der Waals surface area contributed by atoms with E-state index in [0.717, 1.165) is 67.3 Å². The molecule has 2 fully saturated rings. The highest BCUT2D eigenvalue weighted by molar-refractivity contribution is 5.42. The van der Waals surface area contributed by atoms with Crippen molar-refractivity contribution in [2.24, 2.45) is 11.8 Å². The van der Waals surface area contributed by atoms with Crippen LogP contribution in [0.2, 0.25) is 0 Å². The first-order valence-corrected chi connectivity index (χ1v) is 11.9. The van der Waals surface area contributed by atoms with Crippen molar-refractivity contribution in [1.29, 1.82) is 0 Å². The molecule has 0 amide bonds. The third-order valence-corrected chi connectivity index (χ3v) is 7.78. The van der Waals surface area contributed by atoms with Crippen LogP contribution >= 0.6 is 0 Å². The summed E-state index contributed by atoms with van der Waals surface area (Å²) in [5.41, 5.74) is 6.99. The number of hydrogen-bond acceptors (Lipinski definition) is 5. The van der Waals surface area contributed by atoms with Gasteiger partial charge in [-0.25, -0.2) is 0 Å². The Kier molecular flexibility index (Phi) is 5.75. The standard InChI is InChI=1S/C27H34N4O2/c1-17-5-8-26(28-13-17)27(32)10-9-21-15-31(16-24(21)27)14-20-6-7-25(33-4)22(11-20)12-23-18(2)29-30-19(23)3/h5-8,11,13,21,24,32H,9-10,12,14-16H2,1-4H3,(H,29,30)/t21-,24+,27-/m1/s1. The van der Waals surface area contributed by atoms with Crippen LogP contribution in [-0.2, 0) is 18.6 Å². The molecule has 174 valence electrons. The summed E-state index contributed by atoms with van der Waals surface area (Å²) in [4.78, 5) is 7.09. The molecule has 1 saturated heterocycles. The largest absolute Gasteiger partial charge is 0.496 e. The summed E-state index contributed by atoms with van der Waals surface area (Å²) in [6.07, 6.45) is 4.54. The summed E-state index contributed by atoms with van der Waals surface area (Å²) in [6, 6.07) is 10.6. The van der Waals surface area contributed by atoms with E-state index in [1.807, 2.05) is 26.1 Å². The van der Waals surface area contributed by atoms with Crippen LogP contribution in [0.4, 0.5) is 0 Å². The van der Waals surface area contributed by atoms with Crippen molar-refractivity contribution in [2.75, 3.05) is 20.2 Å². The molecule has 5 rings (SSSR count). The Balaban J connectivity index is 1.33. The molecule has 1 aliphatic carbocycles. The number of fused-ring (bicyclic) bond motifs is 1. The van der Waals surface area contributed by atoms with E-state index in [-0.39, 0.29) is 5.92 Å². The maximum absolute atomic E-state index is 11.6. The van der Waals surface area contributed by atoms with Gasteiger partial charge >= 0.3 is 0 Å². The normalized spacial score (nSPS) is 24.9. The van der Waals surface area contributed by atoms with Crippen molar-refractivity contribution >= 4 is 0 Å². The quantitative estimate of drug-likeness (QED) is 0.597. The highest BCUT2D eigenvalue weighted by atomic mass is 16.5. The smallest absolute Gasteiger partial charge is 0.122 e. The van der Waals surface area contributed by atoms with E-state index in [9.17, 15) is 5.11 Å². The topological polar surface area (TPSA) is 74.3 Å². The zero-order valence-corrected chi connectivity index (χ0v) is 20.1. The van der Waals surface area contributed by atoms with Gasteiger partial charge in [0.1, 0.15) is 11.4 Å². The van der Waals surface area contributed by atoms with E-state index in [1.165, 1.54) is 16.7 Å². The van der Waals surface area contributed by atoms with Crippen LogP contribution in [0.5, 0.6) is 5.75 Å². The first-order valence-electron chi connectivity index (χ1n) is 11.9. The summed E-state index contributed by atoms with van der Waals surface area (Å²) in [6.45, 7) is 8.96. The Morgan fingerprint density at radius 1 is 1.18 bits per heavy atom. The molecule has 0 unspecified atom stereocenters. The Hall–Kier alpha value is -2.70. The van der Waals surface area contributed by atoms with Crippen LogP contribution in [-0.4, -0.2) is 45.4 Å². The highest BCUT2D eigenvalue weighted by Crippen LogP contribution is 2.50. The minimum Gasteiger partial charge on any atom is -0.496 e. The first-order chi connectivity index (χ1) is 15.9. The highest BCUT2D eigenvalue weighted by Gasteiger charge is 2.53. The van der Waals surface area contributed by atoms with Gasteiger partial charge in [0, 0.05) is 49.4 Å². The van der Waals surface area contributed by atoms with Gasteiger partial charge in [0.15, 0.2) is 0 Å². The zero-order valence-electron chi connectivity index (χ0n) is 20.1. The minimum absolute atomic E-state index is 0.238. The van der Waals surface area contributed by atoms with Crippen molar-refractivity contribution in [2.45, 2.75) is 52.2 Å². The van der Waals surface area contributed by atoms with Crippen molar-refractivity contribution < 1.29 is 9.84 Å². The van der Waals surface area contributed by atoms with Crippen LogP contribution < -0.4 is 4.74 Å². The number of aliphatic hydroxyl groups is 1. The molecule has 2 aliphatic rings. The average molecular weight is 447 g/mol. The molecule has 0 radical (unpaired) electrons. The summed E-state index contributed by atoms with van der Waals surface area (Å²) >= 11 is 0. The average Bonchev–Trinajstić information content (AvgIpc) is 3.45. The Morgan fingerprint density at radius 3 is 2.73 bits per heavy atom. The predicted molar refractivity (Wildman–Crippen MR) is 128 cm³/mol. The number of pyridine rings is 1. The molecule has 33 heavy (non-hydrogen) atoms. The lowest BCUT2D eigenvalue weighted by atomic mass is 9.85. The number of ether oxygens (including phenoxy) is 1. The van der Waals surface area contributed by atoms with Gasteiger partial charge in [-0.3, -0.25) is 15.0 Å². The second kappa shape index (κ2) is 8.58. The lowest BCUT2D eigenvalue weighted by Gasteiger charge is -2.30. The molecule has 6 heteroatoms. The molecule has 0 bridgehead atoms. The molecule has 6 nitrogen and oxygen atoms in total. The lowest BCUT2D eigenvalue weighted by Crippen LogP contribution is -2.35. The molecule has 3 heterocycles. The number of nitrogens with zero attached hydrogens (tertiary/aromatic N) is 3. The lowest BCUT2D eigenvalue weighted by molar-refractivity contribution is -0.0108. The molecule has 3 aromatic rings. The van der Waals surface area contributed by atoms with Gasteiger partial charge in [0.25, 0.3) is 0 Å². The van der Waals surface area contributed by atoms with Crippen molar-refractivity contribution in [3.63, 3.8) is 0 Å². The van der Waals surface area contributed by atoms with Crippen LogP contribution in [0.3, 0.4) is 0 Å². The fraction of sp³-hybridized carbons (Fsp3) is 0.481. The van der Waals surface area contributed by atoms with E-state index >= 15 is 0 Å². The number of hydrogen-bond donors (Lipinski definition) is 2. The van der Waals surface area contributed by atoms with Gasteiger partial charge in [-0.1, -0.05) is 18.2 Å². The number of methoxy groups -OCH3 is 1. The maximum atomic E-state index is 11.6. The fourth-order valence-electron chi connectivity index (χ4n) is 5.91. The number of H-pyrrole nitrogens is 1. The Labute approximate surface area is 196 Å². The number of nitrogens with one attached hydrogen (secondary N) is 1. The number of benzene rings is 1. The van der Waals surface area contributed by atoms with Crippen LogP contribution in [0.1, 0.15) is 52.2 Å². The van der Waals surface area contributed by atoms with Gasteiger partial charge < -0.3 is 9.84 Å². The molecular weight excluding hydrogens is 412 g/mol. The van der Waals surface area contributed by atoms with Crippen molar-refractivity contribution in [3.05, 3.63) is 75.9 Å². The van der Waals surface area contributed by atoms with Crippen LogP contribution in [0.15, 0.2) is 36.5 Å². The van der Waals surface area contributed by atoms with Gasteiger partial charge in [-0.15, -0.1) is 0 Å². The summed E-state index contributed by atoms with van der Waals surface area (Å²) in [5.74, 6) is 1.67. The molecule has 1 saturated carbocycles. The van der Waals surface area contributed by atoms with E-state index < -0.39 is 5.60 Å². The van der Waals surface area contributed by atoms with Gasteiger partial charge in [0.2, 0.25) is 0 Å². The second-order valence-corrected chi connectivity index (χ2v) is 9.98. The summed E-state index contributed by atoms with van der Waals surface area (Å²) in [5, 5.41) is 19.0. The number of aromatic amines is 1. The SMILES string of the molecule is COc1ccc(CN2C[C@H]3CC[C@](O)(c4ccc(C)cn4)[C@H]3C2)cc1Cc1c(C)n[nH]c1C. The molecule has 1 aromatic carbocycles. The molecule has 2 aromatic heterocycles. The molecular formula is C27H34N4O2. The third-order valence-electron chi connectivity index (χ3n) is 7.78. The molecule has 3 atom stereocenters. The number of aromatic nitrogens is 3. The molecule has 1 aliphatic heterocycles. The fourth-order valence-corrected chi connectivity index (χ4v) is 5.91. The third kappa shape index (κ3) is 4.06. The monoisotopic (exact) mass is 446 g/mol. The Bertz CT molecular complexity index is 1120. The van der Waals surface area contributed by atoms with E-state index in [2.05, 4.69) is 51.3 Å². The number of likely N-dealkylation sites (tertiary alicyclic amines) is 1. The van der Waals surface area contributed by atoms with Gasteiger partial charge in [-0.05, 0) is 68.4 Å². The van der Waals surface area contributed by atoms with Gasteiger partial charge in [-0.2, -0.15) is 5.10 Å². The zero-order chi connectivity index (χ0) is 23.2. The van der Waals surface area contributed by atoms with Crippen LogP contribution in [0.25, 0.3) is 0 Å². The van der Waals surface area contributed by atoms with Crippen molar-refractivity contribution in [3.8, 4) is 5.75 Å². The molecule has 0 spiro atoms. The summed E-state index contributed by atoms with van der Waals surface area (Å²) in [7, 11) is 1.73. The van der Waals surface area contributed by atoms with E-state index in [0.29, 0.717) is 5.92 Å². The number of aryl methyl sites for hydroxylation is 3. The first kappa shape index (κ1) is 22.1. The van der Waals surface area contributed by atoms with E-state index in [1.54, 1.807) is 7.11 Å². The molecule has 2 N–H and O–H groups in total. The van der Waals surface area contributed by atoms with Crippen molar-refractivity contribution in [1.82, 2.24) is 20.1 Å². The van der Waals surface area contributed by atoms with E-state index in [4.69, 9.17) is 4.74 Å². The van der Waals surface area contributed by atoms with Crippen LogP contribution in [0, 0.1) is 32.6 Å². The predicted octanol–water partition coefficient (Wildman–Crippen LogP) is 4.06.